The fourth-order valence-electron chi connectivity index (χ4n) is 3.52. The first-order valence-corrected chi connectivity index (χ1v) is 10.3. The van der Waals surface area contributed by atoms with Crippen molar-refractivity contribution in [2.45, 2.75) is 62.7 Å². The summed E-state index contributed by atoms with van der Waals surface area (Å²) in [5.41, 5.74) is -2.04. The summed E-state index contributed by atoms with van der Waals surface area (Å²) in [6, 6.07) is 6.25. The molecule has 11 nitrogen and oxygen atoms in total. The fraction of sp³-hybridized carbons (Fsp3) is 0.500. The SMILES string of the molecule is CC(=O)O[C@@H]1[C@H](Oc2ccccc2COC(=O)[C@]2(O)C=CCCC2=O)O[C@@H](CO)[C@@H](O)[C@@H]1O. The summed E-state index contributed by atoms with van der Waals surface area (Å²) in [6.45, 7) is 0.0929. The molecule has 0 saturated carbocycles. The lowest BCUT2D eigenvalue weighted by molar-refractivity contribution is -0.282. The highest BCUT2D eigenvalue weighted by Gasteiger charge is 2.48. The number of ketones is 1. The second-order valence-electron chi connectivity index (χ2n) is 7.71. The molecule has 2 aliphatic rings. The van der Waals surface area contributed by atoms with Crippen LogP contribution in [0.1, 0.15) is 25.3 Å². The van der Waals surface area contributed by atoms with Crippen molar-refractivity contribution in [2.75, 3.05) is 6.61 Å². The third-order valence-electron chi connectivity index (χ3n) is 5.33. The molecular weight excluding hydrogens is 440 g/mol. The number of aliphatic hydroxyl groups is 4. The minimum Gasteiger partial charge on any atom is -0.460 e. The zero-order chi connectivity index (χ0) is 24.2. The van der Waals surface area contributed by atoms with Gasteiger partial charge in [-0.05, 0) is 18.6 Å². The number of benzene rings is 1. The molecule has 1 aliphatic heterocycles. The lowest BCUT2D eigenvalue weighted by atomic mass is 9.90. The predicted molar refractivity (Wildman–Crippen MR) is 109 cm³/mol. The van der Waals surface area contributed by atoms with Crippen molar-refractivity contribution in [1.29, 1.82) is 0 Å². The van der Waals surface area contributed by atoms with Crippen LogP contribution < -0.4 is 4.74 Å². The van der Waals surface area contributed by atoms with Gasteiger partial charge in [0.2, 0.25) is 11.9 Å². The fourth-order valence-corrected chi connectivity index (χ4v) is 3.52. The van der Waals surface area contributed by atoms with E-state index in [4.69, 9.17) is 18.9 Å². The van der Waals surface area contributed by atoms with Crippen molar-refractivity contribution in [1.82, 2.24) is 0 Å². The van der Waals surface area contributed by atoms with E-state index in [9.17, 15) is 34.8 Å². The highest BCUT2D eigenvalue weighted by Crippen LogP contribution is 2.29. The Balaban J connectivity index is 1.76. The lowest BCUT2D eigenvalue weighted by Gasteiger charge is -2.41. The van der Waals surface area contributed by atoms with Crippen LogP contribution in [0.2, 0.25) is 0 Å². The molecule has 0 amide bonds. The maximum absolute atomic E-state index is 12.4. The highest BCUT2D eigenvalue weighted by molar-refractivity contribution is 6.09. The maximum atomic E-state index is 12.4. The first-order chi connectivity index (χ1) is 15.7. The number of esters is 2. The number of allylic oxidation sites excluding steroid dienone is 1. The number of ether oxygens (including phenoxy) is 4. The van der Waals surface area contributed by atoms with E-state index in [-0.39, 0.29) is 18.8 Å². The number of carbonyl (C=O) groups excluding carboxylic acids is 3. The van der Waals surface area contributed by atoms with Gasteiger partial charge in [-0.2, -0.15) is 0 Å². The molecule has 33 heavy (non-hydrogen) atoms. The Morgan fingerprint density at radius 1 is 1.21 bits per heavy atom. The molecule has 0 radical (unpaired) electrons. The molecule has 0 spiro atoms. The van der Waals surface area contributed by atoms with Gasteiger partial charge in [-0.25, -0.2) is 4.79 Å². The van der Waals surface area contributed by atoms with Gasteiger partial charge in [0.15, 0.2) is 11.9 Å². The lowest BCUT2D eigenvalue weighted by Crippen LogP contribution is -2.61. The molecule has 180 valence electrons. The zero-order valence-corrected chi connectivity index (χ0v) is 17.8. The monoisotopic (exact) mass is 466 g/mol. The van der Waals surface area contributed by atoms with E-state index in [1.807, 2.05) is 0 Å². The van der Waals surface area contributed by atoms with Gasteiger partial charge < -0.3 is 39.4 Å². The standard InChI is InChI=1S/C22H26O11/c1-12(24)31-19-18(27)17(26)15(10-23)33-20(19)32-14-7-3-2-6-13(14)11-30-21(28)22(29)9-5-4-8-16(22)25/h2-3,5-7,9,15,17-20,23,26-27,29H,4,8,10-11H2,1H3/t15-,17+,18-,19-,20+,22-/m0/s1. The Labute approximate surface area is 189 Å². The number of carbonyl (C=O) groups is 3. The third kappa shape index (κ3) is 5.40. The largest absolute Gasteiger partial charge is 0.460 e. The molecule has 6 atom stereocenters. The molecule has 1 heterocycles. The van der Waals surface area contributed by atoms with E-state index in [1.54, 1.807) is 18.2 Å². The molecule has 0 bridgehead atoms. The summed E-state index contributed by atoms with van der Waals surface area (Å²) in [5.74, 6) is -2.44. The Kier molecular flexibility index (Phi) is 7.82. The van der Waals surface area contributed by atoms with Crippen molar-refractivity contribution < 1.29 is 53.8 Å². The molecule has 1 aromatic rings. The Hall–Kier alpha value is -2.83. The smallest absolute Gasteiger partial charge is 0.350 e. The average molecular weight is 466 g/mol. The molecule has 1 aliphatic carbocycles. The molecule has 11 heteroatoms. The van der Waals surface area contributed by atoms with E-state index in [2.05, 4.69) is 0 Å². The predicted octanol–water partition coefficient (Wildman–Crippen LogP) is -0.870. The van der Waals surface area contributed by atoms with E-state index in [1.165, 1.54) is 12.1 Å². The number of hydrogen-bond acceptors (Lipinski definition) is 11. The normalized spacial score (nSPS) is 31.7. The molecular formula is C22H26O11. The molecule has 0 aromatic heterocycles. The van der Waals surface area contributed by atoms with E-state index < -0.39 is 60.6 Å². The summed E-state index contributed by atoms with van der Waals surface area (Å²) in [4.78, 5) is 35.8. The summed E-state index contributed by atoms with van der Waals surface area (Å²) in [5, 5.41) is 40.2. The number of hydrogen-bond donors (Lipinski definition) is 4. The minimum atomic E-state index is -2.35. The molecule has 1 saturated heterocycles. The van der Waals surface area contributed by atoms with Crippen LogP contribution in [0.25, 0.3) is 0 Å². The first-order valence-electron chi connectivity index (χ1n) is 10.3. The second-order valence-corrected chi connectivity index (χ2v) is 7.71. The van der Waals surface area contributed by atoms with Gasteiger partial charge in [0.05, 0.1) is 6.61 Å². The van der Waals surface area contributed by atoms with Crippen LogP contribution >= 0.6 is 0 Å². The van der Waals surface area contributed by atoms with Crippen LogP contribution in [0.4, 0.5) is 0 Å². The van der Waals surface area contributed by atoms with Gasteiger partial charge in [-0.1, -0.05) is 24.3 Å². The van der Waals surface area contributed by atoms with Crippen molar-refractivity contribution in [2.24, 2.45) is 0 Å². The number of Topliss-reactive ketones (excluding diaryl/α,β-unsaturated/α-hetero) is 1. The van der Waals surface area contributed by atoms with Crippen LogP contribution in [0.15, 0.2) is 36.4 Å². The summed E-state index contributed by atoms with van der Waals surface area (Å²) < 4.78 is 21.4. The van der Waals surface area contributed by atoms with Crippen molar-refractivity contribution in [3.63, 3.8) is 0 Å². The van der Waals surface area contributed by atoms with E-state index >= 15 is 0 Å². The number of rotatable bonds is 7. The van der Waals surface area contributed by atoms with Crippen LogP contribution in [0.3, 0.4) is 0 Å². The molecule has 0 unspecified atom stereocenters. The number of para-hydroxylation sites is 1. The summed E-state index contributed by atoms with van der Waals surface area (Å²) in [6.07, 6.45) is -4.11. The quantitative estimate of drug-likeness (QED) is 0.224. The highest BCUT2D eigenvalue weighted by atomic mass is 16.7. The van der Waals surface area contributed by atoms with Gasteiger partial charge >= 0.3 is 11.9 Å². The second kappa shape index (κ2) is 10.4. The van der Waals surface area contributed by atoms with E-state index in [0.29, 0.717) is 12.0 Å². The first kappa shape index (κ1) is 24.8. The molecule has 1 fully saturated rings. The number of aliphatic hydroxyl groups excluding tert-OH is 3. The summed E-state index contributed by atoms with van der Waals surface area (Å²) >= 11 is 0. The average Bonchev–Trinajstić information content (AvgIpc) is 2.79. The van der Waals surface area contributed by atoms with Crippen LogP contribution in [0.5, 0.6) is 5.75 Å². The van der Waals surface area contributed by atoms with Crippen molar-refractivity contribution in [3.8, 4) is 5.75 Å². The third-order valence-corrected chi connectivity index (χ3v) is 5.33. The maximum Gasteiger partial charge on any atom is 0.350 e. The van der Waals surface area contributed by atoms with Crippen LogP contribution in [0, 0.1) is 0 Å². The van der Waals surface area contributed by atoms with Gasteiger partial charge in [-0.3, -0.25) is 9.59 Å². The van der Waals surface area contributed by atoms with E-state index in [0.717, 1.165) is 13.0 Å². The Morgan fingerprint density at radius 3 is 2.61 bits per heavy atom. The van der Waals surface area contributed by atoms with Crippen LogP contribution in [-0.4, -0.2) is 81.1 Å². The molecule has 4 N–H and O–H groups in total. The Morgan fingerprint density at radius 2 is 1.94 bits per heavy atom. The van der Waals surface area contributed by atoms with Gasteiger partial charge in [0, 0.05) is 18.9 Å². The van der Waals surface area contributed by atoms with Gasteiger partial charge in [0.25, 0.3) is 0 Å². The summed E-state index contributed by atoms with van der Waals surface area (Å²) in [7, 11) is 0. The Bertz CT molecular complexity index is 913. The zero-order valence-electron chi connectivity index (χ0n) is 17.8. The van der Waals surface area contributed by atoms with Crippen LogP contribution in [-0.2, 0) is 35.2 Å². The van der Waals surface area contributed by atoms with Gasteiger partial charge in [-0.15, -0.1) is 0 Å². The molecule has 1 aromatic carbocycles. The van der Waals surface area contributed by atoms with Crippen molar-refractivity contribution in [3.05, 3.63) is 42.0 Å². The molecule has 3 rings (SSSR count). The van der Waals surface area contributed by atoms with Crippen molar-refractivity contribution >= 4 is 17.7 Å². The minimum absolute atomic E-state index is 0.0125. The topological polar surface area (TPSA) is 169 Å². The van der Waals surface area contributed by atoms with Gasteiger partial charge in [0.1, 0.15) is 30.7 Å².